The van der Waals surface area contributed by atoms with Gasteiger partial charge in [-0.25, -0.2) is 0 Å². The lowest BCUT2D eigenvalue weighted by Crippen LogP contribution is -1.85. The predicted molar refractivity (Wildman–Crippen MR) is 110 cm³/mol. The van der Waals surface area contributed by atoms with Crippen molar-refractivity contribution < 1.29 is 0 Å². The molecule has 0 fully saturated rings. The lowest BCUT2D eigenvalue weighted by Gasteiger charge is -1.98. The monoisotopic (exact) mass is 316 g/mol. The van der Waals surface area contributed by atoms with Crippen LogP contribution in [0.2, 0.25) is 0 Å². The van der Waals surface area contributed by atoms with Crippen LogP contribution in [0.15, 0.2) is 0 Å². The minimum Gasteiger partial charge on any atom is -0.0651 e. The summed E-state index contributed by atoms with van der Waals surface area (Å²) in [6.45, 7) is 26.8. The molecule has 22 heavy (non-hydrogen) atoms. The minimum atomic E-state index is 0.884. The van der Waals surface area contributed by atoms with E-state index in [0.717, 1.165) is 23.7 Å². The van der Waals surface area contributed by atoms with Crippen molar-refractivity contribution in [1.82, 2.24) is 0 Å². The zero-order valence-corrected chi connectivity index (χ0v) is 18.6. The molecule has 140 valence electrons. The van der Waals surface area contributed by atoms with E-state index in [1.165, 1.54) is 38.5 Å². The predicted octanol–water partition coefficient (Wildman–Crippen LogP) is 8.99. The van der Waals surface area contributed by atoms with Gasteiger partial charge in [-0.3, -0.25) is 0 Å². The number of hydrogen-bond acceptors (Lipinski definition) is 0. The summed E-state index contributed by atoms with van der Waals surface area (Å²) in [4.78, 5) is 0. The van der Waals surface area contributed by atoms with Crippen LogP contribution in [-0.4, -0.2) is 0 Å². The van der Waals surface area contributed by atoms with Gasteiger partial charge in [0.15, 0.2) is 0 Å². The van der Waals surface area contributed by atoms with Crippen molar-refractivity contribution in [2.75, 3.05) is 0 Å². The molecule has 0 atom stereocenters. The van der Waals surface area contributed by atoms with Crippen LogP contribution in [0.3, 0.4) is 0 Å². The van der Waals surface area contributed by atoms with Gasteiger partial charge in [0.25, 0.3) is 0 Å². The molecular weight excluding hydrogens is 264 g/mol. The Bertz CT molecular complexity index is 120. The first-order valence-corrected chi connectivity index (χ1v) is 10.2. The average molecular weight is 317 g/mol. The summed E-state index contributed by atoms with van der Waals surface area (Å²) in [5.41, 5.74) is 0. The van der Waals surface area contributed by atoms with E-state index in [4.69, 9.17) is 0 Å². The Balaban J connectivity index is -0.0000000986. The minimum absolute atomic E-state index is 0.884. The van der Waals surface area contributed by atoms with Crippen molar-refractivity contribution in [3.63, 3.8) is 0 Å². The van der Waals surface area contributed by atoms with Gasteiger partial charge in [-0.1, -0.05) is 122 Å². The van der Waals surface area contributed by atoms with Crippen molar-refractivity contribution in [3.8, 4) is 0 Å². The maximum atomic E-state index is 2.28. The molecule has 0 bridgehead atoms. The topological polar surface area (TPSA) is 0 Å². The summed E-state index contributed by atoms with van der Waals surface area (Å²) in [6, 6.07) is 0. The summed E-state index contributed by atoms with van der Waals surface area (Å²) in [6.07, 6.45) is 7.93. The molecule has 0 heteroatoms. The van der Waals surface area contributed by atoms with Crippen molar-refractivity contribution in [2.45, 2.75) is 122 Å². The molecule has 0 saturated carbocycles. The zero-order chi connectivity index (χ0) is 18.6. The third-order valence-electron chi connectivity index (χ3n) is 4.42. The highest BCUT2D eigenvalue weighted by Crippen LogP contribution is 2.03. The summed E-state index contributed by atoms with van der Waals surface area (Å²) < 4.78 is 0. The lowest BCUT2D eigenvalue weighted by atomic mass is 10.1. The van der Waals surface area contributed by atoms with Crippen LogP contribution in [-0.2, 0) is 0 Å². The molecule has 0 rings (SSSR count). The van der Waals surface area contributed by atoms with Gasteiger partial charge >= 0.3 is 0 Å². The largest absolute Gasteiger partial charge is 0.0651 e. The highest BCUT2D eigenvalue weighted by molar-refractivity contribution is 4.42. The molecule has 0 N–H and O–H groups in total. The highest BCUT2D eigenvalue weighted by atomic mass is 14.0. The van der Waals surface area contributed by atoms with Crippen LogP contribution in [0.1, 0.15) is 122 Å². The standard InChI is InChI=1S/2C6H14.2C5H12/c2*1-4-6(3)5-2;2*1-4-5(2)3/h2*6H,4-5H2,1-3H3;2*5H,4H2,1-3H3. The fourth-order valence-electron chi connectivity index (χ4n) is 0.577. The molecule has 0 amide bonds. The van der Waals surface area contributed by atoms with Crippen molar-refractivity contribution in [1.29, 1.82) is 0 Å². The number of hydrogen-bond donors (Lipinski definition) is 0. The fourth-order valence-corrected chi connectivity index (χ4v) is 0.577. The molecule has 0 spiro atoms. The van der Waals surface area contributed by atoms with Gasteiger partial charge in [0, 0.05) is 0 Å². The SMILES string of the molecule is CCC(C)C.CCC(C)C.CCC(C)CC.CCC(C)CC. The fraction of sp³-hybridized carbons (Fsp3) is 1.00. The molecule has 0 heterocycles. The van der Waals surface area contributed by atoms with E-state index in [1.54, 1.807) is 0 Å². The molecule has 0 saturated heterocycles. The van der Waals surface area contributed by atoms with Crippen LogP contribution >= 0.6 is 0 Å². The first-order valence-electron chi connectivity index (χ1n) is 10.2. The Kier molecular flexibility index (Phi) is 35.3. The second-order valence-electron chi connectivity index (χ2n) is 7.45. The van der Waals surface area contributed by atoms with Crippen LogP contribution in [0.25, 0.3) is 0 Å². The van der Waals surface area contributed by atoms with Crippen LogP contribution in [0.4, 0.5) is 0 Å². The van der Waals surface area contributed by atoms with E-state index < -0.39 is 0 Å². The Morgan fingerprint density at radius 2 is 0.500 bits per heavy atom. The van der Waals surface area contributed by atoms with Crippen LogP contribution in [0, 0.1) is 23.7 Å². The van der Waals surface area contributed by atoms with E-state index >= 15 is 0 Å². The first kappa shape index (κ1) is 29.9. The molecule has 0 aromatic heterocycles. The molecule has 0 radical (unpaired) electrons. The summed E-state index contributed by atoms with van der Waals surface area (Å²) in [5.74, 6) is 3.64. The van der Waals surface area contributed by atoms with E-state index in [2.05, 4.69) is 83.1 Å². The van der Waals surface area contributed by atoms with Gasteiger partial charge < -0.3 is 0 Å². The van der Waals surface area contributed by atoms with Crippen LogP contribution < -0.4 is 0 Å². The molecule has 0 unspecified atom stereocenters. The van der Waals surface area contributed by atoms with Gasteiger partial charge in [0.2, 0.25) is 0 Å². The van der Waals surface area contributed by atoms with Gasteiger partial charge in [-0.15, -0.1) is 0 Å². The molecule has 0 aliphatic heterocycles. The Hall–Kier alpha value is 0. The van der Waals surface area contributed by atoms with Crippen LogP contribution in [0.5, 0.6) is 0 Å². The zero-order valence-electron chi connectivity index (χ0n) is 18.6. The summed E-state index contributed by atoms with van der Waals surface area (Å²) in [5, 5.41) is 0. The molecule has 0 aliphatic carbocycles. The maximum absolute atomic E-state index is 2.28. The lowest BCUT2D eigenvalue weighted by molar-refractivity contribution is 0.544. The molecule has 0 aliphatic rings. The Labute approximate surface area is 145 Å². The van der Waals surface area contributed by atoms with E-state index in [0.29, 0.717) is 0 Å². The second-order valence-corrected chi connectivity index (χ2v) is 7.45. The van der Waals surface area contributed by atoms with Crippen molar-refractivity contribution in [3.05, 3.63) is 0 Å². The summed E-state index contributed by atoms with van der Waals surface area (Å²) >= 11 is 0. The van der Waals surface area contributed by atoms with Gasteiger partial charge in [0.05, 0.1) is 0 Å². The van der Waals surface area contributed by atoms with E-state index in [1.807, 2.05) is 0 Å². The van der Waals surface area contributed by atoms with Crippen molar-refractivity contribution >= 4 is 0 Å². The number of rotatable bonds is 6. The molecular formula is C22H52. The molecule has 0 aromatic carbocycles. The molecule has 0 nitrogen and oxygen atoms in total. The van der Waals surface area contributed by atoms with Gasteiger partial charge in [0.1, 0.15) is 0 Å². The van der Waals surface area contributed by atoms with Gasteiger partial charge in [-0.05, 0) is 23.7 Å². The third kappa shape index (κ3) is 50.1. The smallest absolute Gasteiger partial charge is 0.0448 e. The average Bonchev–Trinajstić information content (AvgIpc) is 2.54. The second kappa shape index (κ2) is 25.9. The Morgan fingerprint density at radius 3 is 0.500 bits per heavy atom. The molecule has 0 aromatic rings. The maximum Gasteiger partial charge on any atom is -0.0448 e. The quantitative estimate of drug-likeness (QED) is 0.458. The van der Waals surface area contributed by atoms with E-state index in [9.17, 15) is 0 Å². The third-order valence-corrected chi connectivity index (χ3v) is 4.42. The highest BCUT2D eigenvalue weighted by Gasteiger charge is 1.89. The Morgan fingerprint density at radius 1 is 0.364 bits per heavy atom. The summed E-state index contributed by atoms with van der Waals surface area (Å²) in [7, 11) is 0. The van der Waals surface area contributed by atoms with E-state index in [-0.39, 0.29) is 0 Å². The van der Waals surface area contributed by atoms with Gasteiger partial charge in [-0.2, -0.15) is 0 Å². The first-order chi connectivity index (χ1) is 10.2. The van der Waals surface area contributed by atoms with Crippen molar-refractivity contribution in [2.24, 2.45) is 23.7 Å². The normalized spacial score (nSPS) is 9.82.